The summed E-state index contributed by atoms with van der Waals surface area (Å²) >= 11 is 1.64. The molecular weight excluding hydrogens is 220 g/mol. The largest absolute Gasteiger partial charge is 0.399 e. The van der Waals surface area contributed by atoms with Crippen molar-refractivity contribution in [3.05, 3.63) is 28.9 Å². The lowest BCUT2D eigenvalue weighted by molar-refractivity contribution is 1.04. The van der Waals surface area contributed by atoms with Crippen LogP contribution in [0.3, 0.4) is 0 Å². The quantitative estimate of drug-likeness (QED) is 0.857. The molecule has 2 aromatic heterocycles. The number of thiazole rings is 1. The number of nitrogens with zero attached hydrogens (tertiary/aromatic N) is 2. The van der Waals surface area contributed by atoms with E-state index in [0.717, 1.165) is 23.1 Å². The highest BCUT2D eigenvalue weighted by Gasteiger charge is 2.06. The van der Waals surface area contributed by atoms with Gasteiger partial charge in [0, 0.05) is 22.8 Å². The normalized spacial score (nSPS) is 10.4. The van der Waals surface area contributed by atoms with E-state index < -0.39 is 0 Å². The number of nitrogen functional groups attached to an aromatic ring is 1. The van der Waals surface area contributed by atoms with Crippen LogP contribution in [0.15, 0.2) is 18.3 Å². The van der Waals surface area contributed by atoms with Crippen molar-refractivity contribution in [1.82, 2.24) is 9.97 Å². The van der Waals surface area contributed by atoms with Crippen molar-refractivity contribution in [3.63, 3.8) is 0 Å². The predicted octanol–water partition coefficient (Wildman–Crippen LogP) is 2.73. The zero-order chi connectivity index (χ0) is 11.5. The summed E-state index contributed by atoms with van der Waals surface area (Å²) in [4.78, 5) is 9.90. The van der Waals surface area contributed by atoms with Crippen LogP contribution in [0.1, 0.15) is 17.5 Å². The molecule has 2 rings (SSSR count). The second kappa shape index (κ2) is 4.49. The minimum absolute atomic E-state index is 0.696. The minimum atomic E-state index is 0.696. The number of aryl methyl sites for hydroxylation is 2. The number of pyridine rings is 1. The maximum atomic E-state index is 5.68. The number of nitrogens with two attached hydrogens (primary N) is 1. The minimum Gasteiger partial charge on any atom is -0.399 e. The summed E-state index contributed by atoms with van der Waals surface area (Å²) in [5.74, 6) is 0.733. The van der Waals surface area contributed by atoms with E-state index >= 15 is 0 Å². The Morgan fingerprint density at radius 3 is 2.94 bits per heavy atom. The number of nitrogens with one attached hydrogen (secondary N) is 1. The van der Waals surface area contributed by atoms with Gasteiger partial charge >= 0.3 is 0 Å². The number of anilines is 3. The van der Waals surface area contributed by atoms with Crippen LogP contribution in [-0.4, -0.2) is 9.97 Å². The molecule has 0 aliphatic heterocycles. The highest BCUT2D eigenvalue weighted by atomic mass is 32.1. The van der Waals surface area contributed by atoms with Gasteiger partial charge in [-0.15, -0.1) is 11.3 Å². The standard InChI is InChI=1S/C11H14N4S/c1-3-9-7(2)16-11(14-9)15-10-6-8(12)4-5-13-10/h4-6H,3H2,1-2H3,(H3,12,13,14,15). The fourth-order valence-corrected chi connectivity index (χ4v) is 2.34. The first-order valence-corrected chi connectivity index (χ1v) is 5.95. The summed E-state index contributed by atoms with van der Waals surface area (Å²) in [7, 11) is 0. The molecule has 4 nitrogen and oxygen atoms in total. The lowest BCUT2D eigenvalue weighted by atomic mass is 10.3. The van der Waals surface area contributed by atoms with Gasteiger partial charge in [0.25, 0.3) is 0 Å². The summed E-state index contributed by atoms with van der Waals surface area (Å²) in [6, 6.07) is 3.55. The molecule has 0 aliphatic rings. The maximum Gasteiger partial charge on any atom is 0.188 e. The van der Waals surface area contributed by atoms with Gasteiger partial charge in [0.05, 0.1) is 5.69 Å². The van der Waals surface area contributed by atoms with Gasteiger partial charge in [-0.1, -0.05) is 6.92 Å². The van der Waals surface area contributed by atoms with E-state index in [-0.39, 0.29) is 0 Å². The van der Waals surface area contributed by atoms with Crippen molar-refractivity contribution in [1.29, 1.82) is 0 Å². The molecule has 3 N–H and O–H groups in total. The van der Waals surface area contributed by atoms with Crippen molar-refractivity contribution in [3.8, 4) is 0 Å². The van der Waals surface area contributed by atoms with Crippen LogP contribution in [0.4, 0.5) is 16.6 Å². The van der Waals surface area contributed by atoms with Crippen LogP contribution < -0.4 is 11.1 Å². The molecular formula is C11H14N4S. The molecule has 0 fully saturated rings. The van der Waals surface area contributed by atoms with Crippen molar-refractivity contribution in [2.75, 3.05) is 11.1 Å². The van der Waals surface area contributed by atoms with E-state index in [1.54, 1.807) is 29.7 Å². The van der Waals surface area contributed by atoms with Crippen molar-refractivity contribution >= 4 is 28.0 Å². The van der Waals surface area contributed by atoms with Crippen LogP contribution in [0.2, 0.25) is 0 Å². The molecule has 84 valence electrons. The van der Waals surface area contributed by atoms with E-state index in [1.807, 2.05) is 0 Å². The van der Waals surface area contributed by atoms with Crippen LogP contribution in [0, 0.1) is 6.92 Å². The van der Waals surface area contributed by atoms with E-state index in [4.69, 9.17) is 5.73 Å². The molecule has 0 atom stereocenters. The van der Waals surface area contributed by atoms with Gasteiger partial charge in [-0.25, -0.2) is 9.97 Å². The Morgan fingerprint density at radius 2 is 2.31 bits per heavy atom. The zero-order valence-electron chi connectivity index (χ0n) is 9.32. The molecule has 0 saturated carbocycles. The number of hydrogen-bond acceptors (Lipinski definition) is 5. The first-order valence-electron chi connectivity index (χ1n) is 5.14. The smallest absolute Gasteiger partial charge is 0.188 e. The van der Waals surface area contributed by atoms with Crippen molar-refractivity contribution in [2.45, 2.75) is 20.3 Å². The summed E-state index contributed by atoms with van der Waals surface area (Å²) in [6.45, 7) is 4.18. The first-order chi connectivity index (χ1) is 7.69. The molecule has 0 unspecified atom stereocenters. The monoisotopic (exact) mass is 234 g/mol. The van der Waals surface area contributed by atoms with E-state index in [0.29, 0.717) is 5.69 Å². The second-order valence-electron chi connectivity index (χ2n) is 3.47. The number of aromatic nitrogens is 2. The Bertz CT molecular complexity index is 492. The SMILES string of the molecule is CCc1nc(Nc2cc(N)ccn2)sc1C. The van der Waals surface area contributed by atoms with Crippen LogP contribution in [-0.2, 0) is 6.42 Å². The number of hydrogen-bond donors (Lipinski definition) is 2. The highest BCUT2D eigenvalue weighted by molar-refractivity contribution is 7.15. The molecule has 0 bridgehead atoms. The summed E-state index contributed by atoms with van der Waals surface area (Å²) in [5.41, 5.74) is 7.51. The summed E-state index contributed by atoms with van der Waals surface area (Å²) < 4.78 is 0. The fraction of sp³-hybridized carbons (Fsp3) is 0.273. The Balaban J connectivity index is 2.20. The maximum absolute atomic E-state index is 5.68. The van der Waals surface area contributed by atoms with Gasteiger partial charge in [-0.05, 0) is 19.4 Å². The lowest BCUT2D eigenvalue weighted by Gasteiger charge is -2.01. The lowest BCUT2D eigenvalue weighted by Crippen LogP contribution is -1.94. The predicted molar refractivity (Wildman–Crippen MR) is 68.2 cm³/mol. The molecule has 0 aromatic carbocycles. The van der Waals surface area contributed by atoms with Gasteiger partial charge in [-0.3, -0.25) is 0 Å². The average Bonchev–Trinajstić information content (AvgIpc) is 2.58. The summed E-state index contributed by atoms with van der Waals surface area (Å²) in [6.07, 6.45) is 2.63. The van der Waals surface area contributed by atoms with E-state index in [2.05, 4.69) is 29.1 Å². The Kier molecular flexibility index (Phi) is 3.05. The molecule has 0 radical (unpaired) electrons. The van der Waals surface area contributed by atoms with Crippen molar-refractivity contribution in [2.24, 2.45) is 0 Å². The van der Waals surface area contributed by atoms with E-state index in [1.165, 1.54) is 4.88 Å². The van der Waals surface area contributed by atoms with Gasteiger partial charge < -0.3 is 11.1 Å². The van der Waals surface area contributed by atoms with Crippen molar-refractivity contribution < 1.29 is 0 Å². The van der Waals surface area contributed by atoms with E-state index in [9.17, 15) is 0 Å². The van der Waals surface area contributed by atoms with Crippen LogP contribution in [0.5, 0.6) is 0 Å². The Morgan fingerprint density at radius 1 is 1.50 bits per heavy atom. The third kappa shape index (κ3) is 2.30. The average molecular weight is 234 g/mol. The molecule has 0 amide bonds. The highest BCUT2D eigenvalue weighted by Crippen LogP contribution is 2.25. The van der Waals surface area contributed by atoms with Gasteiger partial charge in [0.15, 0.2) is 5.13 Å². The Hall–Kier alpha value is -1.62. The second-order valence-corrected chi connectivity index (χ2v) is 4.68. The molecule has 0 spiro atoms. The van der Waals surface area contributed by atoms with Crippen LogP contribution in [0.25, 0.3) is 0 Å². The molecule has 2 aromatic rings. The third-order valence-electron chi connectivity index (χ3n) is 2.25. The molecule has 2 heterocycles. The van der Waals surface area contributed by atoms with Gasteiger partial charge in [0.1, 0.15) is 5.82 Å². The Labute approximate surface area is 98.6 Å². The van der Waals surface area contributed by atoms with Crippen LogP contribution >= 0.6 is 11.3 Å². The zero-order valence-corrected chi connectivity index (χ0v) is 10.1. The molecule has 5 heteroatoms. The van der Waals surface area contributed by atoms with Gasteiger partial charge in [-0.2, -0.15) is 0 Å². The third-order valence-corrected chi connectivity index (χ3v) is 3.18. The first kappa shape index (κ1) is 10.9. The fourth-order valence-electron chi connectivity index (χ4n) is 1.43. The number of rotatable bonds is 3. The van der Waals surface area contributed by atoms with Gasteiger partial charge in [0.2, 0.25) is 0 Å². The molecule has 16 heavy (non-hydrogen) atoms. The topological polar surface area (TPSA) is 63.8 Å². The molecule has 0 aliphatic carbocycles. The summed E-state index contributed by atoms with van der Waals surface area (Å²) in [5, 5.41) is 4.02. The molecule has 0 saturated heterocycles.